The molecule has 20 heavy (non-hydrogen) atoms. The normalized spacial score (nSPS) is 41.5. The number of fused-ring (bicyclic) bond motifs is 5. The van der Waals surface area contributed by atoms with Crippen molar-refractivity contribution in [2.45, 2.75) is 25.7 Å². The molecule has 0 spiro atoms. The number of likely N-dealkylation sites (tertiary alicyclic amines) is 2. The van der Waals surface area contributed by atoms with E-state index in [-0.39, 0.29) is 23.7 Å². The Hall–Kier alpha value is -1.16. The van der Waals surface area contributed by atoms with Crippen molar-refractivity contribution in [2.24, 2.45) is 23.7 Å². The molecule has 2 aliphatic heterocycles. The summed E-state index contributed by atoms with van der Waals surface area (Å²) < 4.78 is 0.861. The zero-order valence-corrected chi connectivity index (χ0v) is 12.1. The minimum atomic E-state index is -0.0334. The summed E-state index contributed by atoms with van der Waals surface area (Å²) >= 11 is 0. The number of hydrogen-bond donors (Lipinski definition) is 0. The molecule has 3 fully saturated rings. The molecule has 2 aliphatic carbocycles. The second-order valence-corrected chi connectivity index (χ2v) is 7.37. The van der Waals surface area contributed by atoms with E-state index in [4.69, 9.17) is 0 Å². The number of piperidine rings is 1. The molecule has 4 nitrogen and oxygen atoms in total. The summed E-state index contributed by atoms with van der Waals surface area (Å²) in [5.74, 6) is 0.822. The highest BCUT2D eigenvalue weighted by Crippen LogP contribution is 2.52. The van der Waals surface area contributed by atoms with Crippen molar-refractivity contribution >= 4 is 11.8 Å². The van der Waals surface area contributed by atoms with E-state index >= 15 is 0 Å². The zero-order valence-electron chi connectivity index (χ0n) is 12.1. The molecule has 2 saturated heterocycles. The number of rotatable bonds is 2. The number of quaternary nitrogens is 1. The first kappa shape index (κ1) is 12.6. The molecule has 4 heteroatoms. The lowest BCUT2D eigenvalue weighted by Gasteiger charge is -2.39. The van der Waals surface area contributed by atoms with Gasteiger partial charge in [0.05, 0.1) is 32.0 Å². The molecule has 0 radical (unpaired) electrons. The van der Waals surface area contributed by atoms with Crippen LogP contribution in [0.1, 0.15) is 25.7 Å². The molecule has 2 amide bonds. The van der Waals surface area contributed by atoms with Crippen LogP contribution < -0.4 is 0 Å². The van der Waals surface area contributed by atoms with E-state index in [1.807, 2.05) is 0 Å². The third kappa shape index (κ3) is 1.63. The van der Waals surface area contributed by atoms with Crippen LogP contribution in [0.4, 0.5) is 0 Å². The quantitative estimate of drug-likeness (QED) is 0.434. The SMILES string of the molecule is C[N+]1(CN2C(=O)[C@H]3[C@H](C2=O)[C@H]2C=C[C@H]3C2)CCCCC1. The van der Waals surface area contributed by atoms with Gasteiger partial charge in [0.25, 0.3) is 0 Å². The predicted molar refractivity (Wildman–Crippen MR) is 74.2 cm³/mol. The van der Waals surface area contributed by atoms with Crippen molar-refractivity contribution in [3.8, 4) is 0 Å². The number of carbonyl (C=O) groups excluding carboxylic acids is 2. The Balaban J connectivity index is 1.55. The fourth-order valence-electron chi connectivity index (χ4n) is 4.86. The molecule has 0 aromatic heterocycles. The van der Waals surface area contributed by atoms with Crippen LogP contribution in [0.25, 0.3) is 0 Å². The van der Waals surface area contributed by atoms with Gasteiger partial charge in [-0.3, -0.25) is 9.59 Å². The lowest BCUT2D eigenvalue weighted by molar-refractivity contribution is -0.920. The van der Waals surface area contributed by atoms with E-state index < -0.39 is 0 Å². The summed E-state index contributed by atoms with van der Waals surface area (Å²) in [6, 6.07) is 0. The Morgan fingerprint density at radius 1 is 1.05 bits per heavy atom. The molecule has 0 N–H and O–H groups in total. The number of nitrogens with zero attached hydrogens (tertiary/aromatic N) is 2. The molecule has 2 heterocycles. The molecular formula is C16H23N2O2+. The first-order valence-electron chi connectivity index (χ1n) is 7.96. The molecule has 0 aromatic carbocycles. The molecule has 108 valence electrons. The van der Waals surface area contributed by atoms with Gasteiger partial charge in [0.1, 0.15) is 0 Å². The lowest BCUT2D eigenvalue weighted by Crippen LogP contribution is -2.55. The molecule has 2 bridgehead atoms. The van der Waals surface area contributed by atoms with Gasteiger partial charge < -0.3 is 4.48 Å². The summed E-state index contributed by atoms with van der Waals surface area (Å²) in [7, 11) is 2.20. The van der Waals surface area contributed by atoms with Crippen molar-refractivity contribution in [1.29, 1.82) is 0 Å². The maximum atomic E-state index is 12.7. The van der Waals surface area contributed by atoms with Gasteiger partial charge in [0, 0.05) is 0 Å². The maximum absolute atomic E-state index is 12.7. The van der Waals surface area contributed by atoms with Gasteiger partial charge >= 0.3 is 0 Å². The minimum Gasteiger partial charge on any atom is -0.309 e. The monoisotopic (exact) mass is 275 g/mol. The third-order valence-electron chi connectivity index (χ3n) is 5.94. The predicted octanol–water partition coefficient (Wildman–Crippen LogP) is 1.38. The summed E-state index contributed by atoms with van der Waals surface area (Å²) in [5.41, 5.74) is 0. The third-order valence-corrected chi connectivity index (χ3v) is 5.94. The van der Waals surface area contributed by atoms with Gasteiger partial charge in [-0.2, -0.15) is 0 Å². The van der Waals surface area contributed by atoms with Crippen molar-refractivity contribution in [3.05, 3.63) is 12.2 Å². The van der Waals surface area contributed by atoms with Crippen LogP contribution in [0.3, 0.4) is 0 Å². The van der Waals surface area contributed by atoms with Crippen molar-refractivity contribution < 1.29 is 14.1 Å². The fourth-order valence-corrected chi connectivity index (χ4v) is 4.86. The Bertz CT molecular complexity index is 463. The summed E-state index contributed by atoms with van der Waals surface area (Å²) in [6.07, 6.45) is 9.07. The van der Waals surface area contributed by atoms with Crippen molar-refractivity contribution in [1.82, 2.24) is 4.90 Å². The molecule has 4 atom stereocenters. The van der Waals surface area contributed by atoms with E-state index in [9.17, 15) is 9.59 Å². The lowest BCUT2D eigenvalue weighted by atomic mass is 9.85. The van der Waals surface area contributed by atoms with Gasteiger partial charge in [-0.05, 0) is 37.5 Å². The first-order chi connectivity index (χ1) is 9.59. The van der Waals surface area contributed by atoms with E-state index in [2.05, 4.69) is 19.2 Å². The average Bonchev–Trinajstić information content (AvgIpc) is 3.09. The summed E-state index contributed by atoms with van der Waals surface area (Å²) in [6.45, 7) is 2.79. The van der Waals surface area contributed by atoms with Crippen LogP contribution in [-0.2, 0) is 9.59 Å². The standard InChI is InChI=1S/C16H23N2O2/c1-18(7-3-2-4-8-18)10-17-15(19)13-11-5-6-12(9-11)14(13)16(17)20/h5-6,11-14H,2-4,7-10H2,1H3/q+1/t11-,12-,13+,14+/m0/s1. The van der Waals surface area contributed by atoms with Crippen LogP contribution in [0, 0.1) is 23.7 Å². The van der Waals surface area contributed by atoms with Gasteiger partial charge in [0.15, 0.2) is 6.67 Å². The smallest absolute Gasteiger partial charge is 0.238 e. The number of hydrogen-bond acceptors (Lipinski definition) is 2. The highest BCUT2D eigenvalue weighted by Gasteiger charge is 2.60. The van der Waals surface area contributed by atoms with Crippen LogP contribution in [0.5, 0.6) is 0 Å². The van der Waals surface area contributed by atoms with Crippen LogP contribution in [-0.4, -0.2) is 48.0 Å². The molecule has 1 saturated carbocycles. The zero-order chi connectivity index (χ0) is 13.9. The second kappa shape index (κ2) is 4.17. The number of carbonyl (C=O) groups is 2. The molecular weight excluding hydrogens is 252 g/mol. The fraction of sp³-hybridized carbons (Fsp3) is 0.750. The van der Waals surface area contributed by atoms with E-state index in [1.165, 1.54) is 19.3 Å². The largest absolute Gasteiger partial charge is 0.309 e. The second-order valence-electron chi connectivity index (χ2n) is 7.37. The van der Waals surface area contributed by atoms with E-state index in [1.54, 1.807) is 4.90 Å². The average molecular weight is 275 g/mol. The molecule has 0 aromatic rings. The van der Waals surface area contributed by atoms with Gasteiger partial charge in [-0.15, -0.1) is 0 Å². The van der Waals surface area contributed by atoms with Gasteiger partial charge in [-0.1, -0.05) is 12.2 Å². The number of imide groups is 1. The topological polar surface area (TPSA) is 37.4 Å². The molecule has 4 rings (SSSR count). The van der Waals surface area contributed by atoms with Crippen molar-refractivity contribution in [3.63, 3.8) is 0 Å². The molecule has 0 unspecified atom stereocenters. The molecule has 4 aliphatic rings. The van der Waals surface area contributed by atoms with Crippen molar-refractivity contribution in [2.75, 3.05) is 26.8 Å². The number of amides is 2. The van der Waals surface area contributed by atoms with E-state index in [0.29, 0.717) is 18.5 Å². The summed E-state index contributed by atoms with van der Waals surface area (Å²) in [4.78, 5) is 26.9. The highest BCUT2D eigenvalue weighted by atomic mass is 16.2. The first-order valence-corrected chi connectivity index (χ1v) is 7.96. The Morgan fingerprint density at radius 3 is 2.15 bits per heavy atom. The number of allylic oxidation sites excluding steroid dienone is 2. The van der Waals surface area contributed by atoms with Gasteiger partial charge in [0.2, 0.25) is 11.8 Å². The van der Waals surface area contributed by atoms with Crippen LogP contribution in [0.15, 0.2) is 12.2 Å². The van der Waals surface area contributed by atoms with E-state index in [0.717, 1.165) is 24.0 Å². The summed E-state index contributed by atoms with van der Waals surface area (Å²) in [5, 5.41) is 0. The Labute approximate surface area is 120 Å². The highest BCUT2D eigenvalue weighted by molar-refractivity contribution is 6.06. The maximum Gasteiger partial charge on any atom is 0.238 e. The van der Waals surface area contributed by atoms with Crippen LogP contribution in [0.2, 0.25) is 0 Å². The minimum absolute atomic E-state index is 0.0334. The van der Waals surface area contributed by atoms with Gasteiger partial charge in [-0.25, -0.2) is 4.90 Å². The Morgan fingerprint density at radius 2 is 1.60 bits per heavy atom. The Kier molecular flexibility index (Phi) is 2.62. The van der Waals surface area contributed by atoms with Crippen LogP contribution >= 0.6 is 0 Å².